The van der Waals surface area contributed by atoms with Crippen LogP contribution in [0.1, 0.15) is 36.4 Å². The molecule has 0 bridgehead atoms. The summed E-state index contributed by atoms with van der Waals surface area (Å²) in [6.45, 7) is 2.83. The van der Waals surface area contributed by atoms with Crippen LogP contribution >= 0.6 is 11.3 Å². The van der Waals surface area contributed by atoms with Gasteiger partial charge in [-0.3, -0.25) is 5.32 Å². The first-order chi connectivity index (χ1) is 11.6. The Morgan fingerprint density at radius 3 is 2.83 bits per heavy atom. The molecule has 1 aliphatic rings. The van der Waals surface area contributed by atoms with Crippen molar-refractivity contribution in [2.75, 3.05) is 0 Å². The van der Waals surface area contributed by atoms with Gasteiger partial charge in [0, 0.05) is 17.8 Å². The van der Waals surface area contributed by atoms with E-state index in [-0.39, 0.29) is 6.10 Å². The Labute approximate surface area is 147 Å². The first-order valence-corrected chi connectivity index (χ1v) is 9.18. The molecule has 5 heteroatoms. The van der Waals surface area contributed by atoms with Crippen molar-refractivity contribution in [3.05, 3.63) is 59.0 Å². The first kappa shape index (κ1) is 17.2. The summed E-state index contributed by atoms with van der Waals surface area (Å²) in [4.78, 5) is 1.14. The summed E-state index contributed by atoms with van der Waals surface area (Å²) in [5.41, 5.74) is 5.60. The van der Waals surface area contributed by atoms with E-state index in [0.29, 0.717) is 12.5 Å². The Balaban J connectivity index is 1.54. The van der Waals surface area contributed by atoms with Gasteiger partial charge < -0.3 is 15.6 Å². The summed E-state index contributed by atoms with van der Waals surface area (Å²) in [7, 11) is 0. The zero-order valence-electron chi connectivity index (χ0n) is 13.9. The molecule has 128 valence electrons. The number of thiophene rings is 1. The SMILES string of the molecule is CC1CC=CCC1Oc1ccc(CNC(O)c2ccccc2[NH3+])s1. The van der Waals surface area contributed by atoms with Gasteiger partial charge >= 0.3 is 0 Å². The predicted molar refractivity (Wildman–Crippen MR) is 97.1 cm³/mol. The lowest BCUT2D eigenvalue weighted by molar-refractivity contribution is -0.257. The molecule has 1 heterocycles. The number of ether oxygens (including phenoxy) is 1. The van der Waals surface area contributed by atoms with Gasteiger partial charge in [-0.05, 0) is 36.6 Å². The van der Waals surface area contributed by atoms with Crippen LogP contribution in [0.15, 0.2) is 48.6 Å². The molecule has 2 aromatic rings. The monoisotopic (exact) mass is 345 g/mol. The standard InChI is InChI=1S/C19H24N2O2S/c1-13-6-2-5-9-17(13)23-18-11-10-14(24-18)12-21-19(22)15-7-3-4-8-16(15)20/h2-5,7-8,10-11,13,17,19,21-22H,6,9,12,20H2,1H3/p+1. The number of rotatable bonds is 6. The van der Waals surface area contributed by atoms with Gasteiger partial charge in [-0.1, -0.05) is 31.2 Å². The minimum Gasteiger partial charge on any atom is -0.480 e. The number of aliphatic hydroxyl groups excluding tert-OH is 1. The van der Waals surface area contributed by atoms with Gasteiger partial charge in [-0.25, -0.2) is 0 Å². The maximum atomic E-state index is 10.3. The molecule has 1 aliphatic carbocycles. The van der Waals surface area contributed by atoms with Crippen LogP contribution in [0.3, 0.4) is 0 Å². The highest BCUT2D eigenvalue weighted by Crippen LogP contribution is 2.30. The predicted octanol–water partition coefficient (Wildman–Crippen LogP) is 3.14. The number of allylic oxidation sites excluding steroid dienone is 1. The molecule has 5 N–H and O–H groups in total. The van der Waals surface area contributed by atoms with E-state index in [9.17, 15) is 5.11 Å². The quantitative estimate of drug-likeness (QED) is 0.556. The fraction of sp³-hybridized carbons (Fsp3) is 0.368. The topological polar surface area (TPSA) is 69.1 Å². The van der Waals surface area contributed by atoms with Crippen LogP contribution in [-0.4, -0.2) is 11.2 Å². The molecule has 0 fully saturated rings. The van der Waals surface area contributed by atoms with Crippen molar-refractivity contribution < 1.29 is 15.6 Å². The summed E-state index contributed by atoms with van der Waals surface area (Å²) in [6, 6.07) is 11.7. The molecule has 0 saturated heterocycles. The van der Waals surface area contributed by atoms with Crippen molar-refractivity contribution in [2.24, 2.45) is 5.92 Å². The van der Waals surface area contributed by atoms with Gasteiger partial charge in [0.15, 0.2) is 5.06 Å². The van der Waals surface area contributed by atoms with Gasteiger partial charge in [0.05, 0.1) is 5.56 Å². The number of nitrogens with one attached hydrogen (secondary N) is 1. The van der Waals surface area contributed by atoms with Crippen molar-refractivity contribution in [1.82, 2.24) is 5.32 Å². The third-order valence-corrected chi connectivity index (χ3v) is 5.38. The van der Waals surface area contributed by atoms with E-state index in [0.717, 1.165) is 34.0 Å². The number of hydrogen-bond donors (Lipinski definition) is 3. The van der Waals surface area contributed by atoms with E-state index in [1.807, 2.05) is 30.3 Å². The van der Waals surface area contributed by atoms with Crippen molar-refractivity contribution in [1.29, 1.82) is 0 Å². The lowest BCUT2D eigenvalue weighted by Gasteiger charge is -2.25. The van der Waals surface area contributed by atoms with Crippen LogP contribution in [0.4, 0.5) is 5.69 Å². The van der Waals surface area contributed by atoms with Crippen LogP contribution in [-0.2, 0) is 6.54 Å². The number of aliphatic hydroxyl groups is 1. The Morgan fingerprint density at radius 2 is 2.04 bits per heavy atom. The Morgan fingerprint density at radius 1 is 1.25 bits per heavy atom. The van der Waals surface area contributed by atoms with E-state index in [1.165, 1.54) is 0 Å². The second kappa shape index (κ2) is 7.94. The highest BCUT2D eigenvalue weighted by Gasteiger charge is 2.20. The van der Waals surface area contributed by atoms with Crippen LogP contribution in [0.25, 0.3) is 0 Å². The van der Waals surface area contributed by atoms with E-state index in [2.05, 4.69) is 36.2 Å². The molecular weight excluding hydrogens is 320 g/mol. The van der Waals surface area contributed by atoms with Crippen LogP contribution in [0, 0.1) is 5.92 Å². The second-order valence-electron chi connectivity index (χ2n) is 6.28. The summed E-state index contributed by atoms with van der Waals surface area (Å²) in [5.74, 6) is 0.550. The van der Waals surface area contributed by atoms with Crippen molar-refractivity contribution in [2.45, 2.75) is 38.6 Å². The summed E-state index contributed by atoms with van der Waals surface area (Å²) in [6.07, 6.45) is 6.04. The highest BCUT2D eigenvalue weighted by atomic mass is 32.1. The molecular formula is C19H25N2O2S+. The fourth-order valence-corrected chi connectivity index (χ4v) is 3.72. The highest BCUT2D eigenvalue weighted by molar-refractivity contribution is 7.13. The molecule has 1 aromatic carbocycles. The molecule has 24 heavy (non-hydrogen) atoms. The maximum Gasteiger partial charge on any atom is 0.174 e. The molecule has 0 amide bonds. The molecule has 1 aromatic heterocycles. The number of hydrogen-bond acceptors (Lipinski definition) is 4. The average Bonchev–Trinajstić information content (AvgIpc) is 3.03. The van der Waals surface area contributed by atoms with Crippen LogP contribution < -0.4 is 15.8 Å². The van der Waals surface area contributed by atoms with Gasteiger partial charge in [-0.15, -0.1) is 11.3 Å². The normalized spacial score (nSPS) is 21.6. The average molecular weight is 345 g/mol. The van der Waals surface area contributed by atoms with Crippen molar-refractivity contribution in [3.63, 3.8) is 0 Å². The maximum absolute atomic E-state index is 10.3. The molecule has 4 nitrogen and oxygen atoms in total. The van der Waals surface area contributed by atoms with Crippen molar-refractivity contribution in [3.8, 4) is 5.06 Å². The minimum absolute atomic E-state index is 0.262. The molecule has 0 radical (unpaired) electrons. The summed E-state index contributed by atoms with van der Waals surface area (Å²) >= 11 is 1.63. The molecule has 0 aliphatic heterocycles. The molecule has 0 saturated carbocycles. The minimum atomic E-state index is -0.714. The lowest BCUT2D eigenvalue weighted by Crippen LogP contribution is -2.42. The Bertz CT molecular complexity index is 698. The number of quaternary nitrogens is 1. The zero-order chi connectivity index (χ0) is 16.9. The van der Waals surface area contributed by atoms with Gasteiger partial charge in [0.2, 0.25) is 0 Å². The molecule has 3 unspecified atom stereocenters. The summed E-state index contributed by atoms with van der Waals surface area (Å²) in [5, 5.41) is 14.4. The third kappa shape index (κ3) is 4.24. The molecule has 3 rings (SSSR count). The van der Waals surface area contributed by atoms with Gasteiger partial charge in [0.1, 0.15) is 18.0 Å². The summed E-state index contributed by atoms with van der Waals surface area (Å²) < 4.78 is 6.13. The van der Waals surface area contributed by atoms with E-state index < -0.39 is 6.23 Å². The van der Waals surface area contributed by atoms with Crippen LogP contribution in [0.5, 0.6) is 5.06 Å². The second-order valence-corrected chi connectivity index (χ2v) is 7.41. The molecule has 0 spiro atoms. The first-order valence-electron chi connectivity index (χ1n) is 8.36. The molecule has 3 atom stereocenters. The Kier molecular flexibility index (Phi) is 5.68. The largest absolute Gasteiger partial charge is 0.480 e. The Hall–Kier alpha value is -1.66. The van der Waals surface area contributed by atoms with E-state index in [4.69, 9.17) is 4.74 Å². The smallest absolute Gasteiger partial charge is 0.174 e. The van der Waals surface area contributed by atoms with Crippen LogP contribution in [0.2, 0.25) is 0 Å². The van der Waals surface area contributed by atoms with Crippen molar-refractivity contribution >= 4 is 17.0 Å². The third-order valence-electron chi connectivity index (χ3n) is 4.40. The zero-order valence-corrected chi connectivity index (χ0v) is 14.8. The van der Waals surface area contributed by atoms with E-state index in [1.54, 1.807) is 11.3 Å². The fourth-order valence-electron chi connectivity index (χ4n) is 2.86. The van der Waals surface area contributed by atoms with E-state index >= 15 is 0 Å². The van der Waals surface area contributed by atoms with Gasteiger partial charge in [0.25, 0.3) is 0 Å². The van der Waals surface area contributed by atoms with Gasteiger partial charge in [-0.2, -0.15) is 0 Å². The number of benzene rings is 1. The lowest BCUT2D eigenvalue weighted by atomic mass is 9.93.